The summed E-state index contributed by atoms with van der Waals surface area (Å²) in [6, 6.07) is 3.60. The summed E-state index contributed by atoms with van der Waals surface area (Å²) in [6.45, 7) is 0. The molecule has 4 nitrogen and oxygen atoms in total. The molecule has 1 aliphatic carbocycles. The largest absolute Gasteiger partial charge is 0.480 e. The molecule has 0 bridgehead atoms. The smallest absolute Gasteiger partial charge is 0.323 e. The van der Waals surface area contributed by atoms with Crippen LogP contribution < -0.4 is 5.32 Å². The van der Waals surface area contributed by atoms with Gasteiger partial charge in [-0.05, 0) is 44.9 Å². The van der Waals surface area contributed by atoms with Crippen molar-refractivity contribution in [1.29, 1.82) is 0 Å². The van der Waals surface area contributed by atoms with E-state index in [0.717, 1.165) is 17.9 Å². The predicted molar refractivity (Wildman–Crippen MR) is 76.8 cm³/mol. The normalized spacial score (nSPS) is 27.2. The summed E-state index contributed by atoms with van der Waals surface area (Å²) in [6.07, 6.45) is 4.87. The van der Waals surface area contributed by atoms with Gasteiger partial charge in [0.05, 0.1) is 5.02 Å². The lowest BCUT2D eigenvalue weighted by atomic mass is 9.81. The molecule has 104 valence electrons. The zero-order valence-electron chi connectivity index (χ0n) is 10.7. The highest BCUT2D eigenvalue weighted by atomic mass is 35.5. The van der Waals surface area contributed by atoms with Crippen LogP contribution in [0.2, 0.25) is 5.02 Å². The molecule has 2 unspecified atom stereocenters. The minimum absolute atomic E-state index is 0.227. The number of nitrogens with one attached hydrogen (secondary N) is 1. The fraction of sp³-hybridized carbons (Fsp3) is 0.538. The number of carboxylic acids is 1. The lowest BCUT2D eigenvalue weighted by Gasteiger charge is -2.37. The number of pyridine rings is 1. The Morgan fingerprint density at radius 1 is 1.68 bits per heavy atom. The highest BCUT2D eigenvalue weighted by Crippen LogP contribution is 2.39. The van der Waals surface area contributed by atoms with E-state index in [1.54, 1.807) is 31.1 Å². The molecule has 19 heavy (non-hydrogen) atoms. The number of thioether (sulfide) groups is 1. The summed E-state index contributed by atoms with van der Waals surface area (Å²) in [4.78, 5) is 15.7. The van der Waals surface area contributed by atoms with Gasteiger partial charge in [0.1, 0.15) is 10.6 Å². The van der Waals surface area contributed by atoms with Crippen molar-refractivity contribution < 1.29 is 9.90 Å². The predicted octanol–water partition coefficient (Wildman–Crippen LogP) is 2.81. The third kappa shape index (κ3) is 3.22. The molecule has 1 fully saturated rings. The van der Waals surface area contributed by atoms with Gasteiger partial charge in [0.25, 0.3) is 0 Å². The second-order valence-corrected chi connectivity index (χ2v) is 6.46. The quantitative estimate of drug-likeness (QED) is 0.895. The van der Waals surface area contributed by atoms with Crippen LogP contribution >= 0.6 is 23.4 Å². The van der Waals surface area contributed by atoms with E-state index in [9.17, 15) is 9.90 Å². The van der Waals surface area contributed by atoms with Crippen molar-refractivity contribution in [2.24, 2.45) is 0 Å². The number of carboxylic acid groups (broad SMARTS) is 1. The Labute approximate surface area is 121 Å². The molecule has 0 aromatic carbocycles. The SMILES string of the molecule is CNC1(C(=O)O)CCCC(Sc2ncccc2Cl)C1. The molecule has 2 N–H and O–H groups in total. The maximum absolute atomic E-state index is 11.5. The Morgan fingerprint density at radius 2 is 2.47 bits per heavy atom. The molecule has 0 spiro atoms. The van der Waals surface area contributed by atoms with Gasteiger partial charge in [-0.25, -0.2) is 4.98 Å². The van der Waals surface area contributed by atoms with E-state index >= 15 is 0 Å². The van der Waals surface area contributed by atoms with Crippen LogP contribution in [0.25, 0.3) is 0 Å². The minimum Gasteiger partial charge on any atom is -0.480 e. The Morgan fingerprint density at radius 3 is 3.11 bits per heavy atom. The first-order valence-electron chi connectivity index (χ1n) is 6.27. The highest BCUT2D eigenvalue weighted by Gasteiger charge is 2.42. The molecule has 2 rings (SSSR count). The zero-order chi connectivity index (χ0) is 13.9. The number of hydrogen-bond acceptors (Lipinski definition) is 4. The van der Waals surface area contributed by atoms with E-state index in [4.69, 9.17) is 11.6 Å². The molecule has 1 aromatic rings. The number of halogens is 1. The van der Waals surface area contributed by atoms with Crippen LogP contribution in [0, 0.1) is 0 Å². The number of likely N-dealkylation sites (N-methyl/N-ethyl adjacent to an activating group) is 1. The van der Waals surface area contributed by atoms with Gasteiger partial charge < -0.3 is 10.4 Å². The number of nitrogens with zero attached hydrogens (tertiary/aromatic N) is 1. The maximum Gasteiger partial charge on any atom is 0.323 e. The summed E-state index contributed by atoms with van der Waals surface area (Å²) < 4.78 is 0. The van der Waals surface area contributed by atoms with Gasteiger partial charge in [-0.3, -0.25) is 4.79 Å². The third-order valence-electron chi connectivity index (χ3n) is 3.60. The van der Waals surface area contributed by atoms with Crippen molar-refractivity contribution in [1.82, 2.24) is 10.3 Å². The van der Waals surface area contributed by atoms with E-state index in [2.05, 4.69) is 10.3 Å². The van der Waals surface area contributed by atoms with Gasteiger partial charge in [-0.15, -0.1) is 11.8 Å². The van der Waals surface area contributed by atoms with E-state index in [1.165, 1.54) is 0 Å². The number of carbonyl (C=O) groups is 1. The maximum atomic E-state index is 11.5. The van der Waals surface area contributed by atoms with Crippen molar-refractivity contribution >= 4 is 29.3 Å². The minimum atomic E-state index is -0.808. The number of rotatable bonds is 4. The van der Waals surface area contributed by atoms with Gasteiger partial charge in [0.15, 0.2) is 0 Å². The molecule has 0 radical (unpaired) electrons. The van der Waals surface area contributed by atoms with Crippen LogP contribution in [0.5, 0.6) is 0 Å². The first-order chi connectivity index (χ1) is 9.07. The summed E-state index contributed by atoms with van der Waals surface area (Å²) in [5.74, 6) is -0.771. The van der Waals surface area contributed by atoms with Crippen molar-refractivity contribution in [3.8, 4) is 0 Å². The molecule has 1 saturated carbocycles. The molecular formula is C13H17ClN2O2S. The monoisotopic (exact) mass is 300 g/mol. The standard InChI is InChI=1S/C13H17ClN2O2S/c1-15-13(12(17)18)6-2-4-9(8-13)19-11-10(14)5-3-7-16-11/h3,5,7,9,15H,2,4,6,8H2,1H3,(H,17,18). The summed E-state index contributed by atoms with van der Waals surface area (Å²) in [5.41, 5.74) is -0.808. The fourth-order valence-corrected chi connectivity index (χ4v) is 3.99. The van der Waals surface area contributed by atoms with E-state index in [0.29, 0.717) is 17.9 Å². The van der Waals surface area contributed by atoms with E-state index in [-0.39, 0.29) is 5.25 Å². The Kier molecular flexibility index (Phi) is 4.71. The summed E-state index contributed by atoms with van der Waals surface area (Å²) in [7, 11) is 1.72. The Hall–Kier alpha value is -0.780. The molecule has 0 amide bonds. The molecule has 1 aromatic heterocycles. The van der Waals surface area contributed by atoms with Crippen LogP contribution in [0.15, 0.2) is 23.4 Å². The Balaban J connectivity index is 2.10. The number of aliphatic carboxylic acids is 1. The molecule has 0 aliphatic heterocycles. The van der Waals surface area contributed by atoms with Crippen LogP contribution in [0.3, 0.4) is 0 Å². The molecule has 1 heterocycles. The number of hydrogen-bond donors (Lipinski definition) is 2. The second-order valence-electron chi connectivity index (χ2n) is 4.76. The van der Waals surface area contributed by atoms with Gasteiger partial charge in [-0.1, -0.05) is 11.6 Å². The summed E-state index contributed by atoms with van der Waals surface area (Å²) >= 11 is 7.68. The van der Waals surface area contributed by atoms with Gasteiger partial charge in [0, 0.05) is 11.4 Å². The van der Waals surface area contributed by atoms with Crippen molar-refractivity contribution in [3.05, 3.63) is 23.4 Å². The first kappa shape index (κ1) is 14.6. The first-order valence-corrected chi connectivity index (χ1v) is 7.52. The lowest BCUT2D eigenvalue weighted by molar-refractivity contribution is -0.146. The average Bonchev–Trinajstić information content (AvgIpc) is 2.41. The molecule has 0 saturated heterocycles. The molecular weight excluding hydrogens is 284 g/mol. The zero-order valence-corrected chi connectivity index (χ0v) is 12.3. The third-order valence-corrected chi connectivity index (χ3v) is 5.30. The molecule has 2 atom stereocenters. The van der Waals surface area contributed by atoms with Crippen molar-refractivity contribution in [2.45, 2.75) is 41.5 Å². The van der Waals surface area contributed by atoms with Crippen molar-refractivity contribution in [3.63, 3.8) is 0 Å². The summed E-state index contributed by atoms with van der Waals surface area (Å²) in [5, 5.41) is 14.0. The average molecular weight is 301 g/mol. The Bertz CT molecular complexity index is 472. The highest BCUT2D eigenvalue weighted by molar-refractivity contribution is 8.00. The van der Waals surface area contributed by atoms with E-state index in [1.807, 2.05) is 6.07 Å². The van der Waals surface area contributed by atoms with Crippen LogP contribution in [-0.4, -0.2) is 33.9 Å². The van der Waals surface area contributed by atoms with E-state index < -0.39 is 11.5 Å². The van der Waals surface area contributed by atoms with Crippen LogP contribution in [0.1, 0.15) is 25.7 Å². The van der Waals surface area contributed by atoms with Crippen molar-refractivity contribution in [2.75, 3.05) is 7.05 Å². The van der Waals surface area contributed by atoms with Gasteiger partial charge in [0.2, 0.25) is 0 Å². The molecule has 6 heteroatoms. The van der Waals surface area contributed by atoms with Crippen LogP contribution in [0.4, 0.5) is 0 Å². The second kappa shape index (κ2) is 6.11. The fourth-order valence-electron chi connectivity index (χ4n) is 2.47. The van der Waals surface area contributed by atoms with Gasteiger partial charge in [-0.2, -0.15) is 0 Å². The molecule has 1 aliphatic rings. The number of aromatic nitrogens is 1. The lowest BCUT2D eigenvalue weighted by Crippen LogP contribution is -2.53. The topological polar surface area (TPSA) is 62.2 Å². The van der Waals surface area contributed by atoms with Crippen LogP contribution in [-0.2, 0) is 4.79 Å². The van der Waals surface area contributed by atoms with Gasteiger partial charge >= 0.3 is 5.97 Å².